The second-order valence-electron chi connectivity index (χ2n) is 3.94. The number of benzene rings is 1. The lowest BCUT2D eigenvalue weighted by Crippen LogP contribution is -2.13. The molecular weight excluding hydrogens is 230 g/mol. The number of ether oxygens (including phenoxy) is 2. The number of carbonyl (C=O) groups excluding carboxylic acids is 1. The largest absolute Gasteiger partial charge is 0.497 e. The number of ketones is 1. The van der Waals surface area contributed by atoms with Crippen LogP contribution in [0.5, 0.6) is 11.5 Å². The maximum absolute atomic E-state index is 12.2. The molecule has 4 heteroatoms. The fourth-order valence-corrected chi connectivity index (χ4v) is 1.69. The number of hydrogen-bond acceptors (Lipinski definition) is 4. The molecule has 1 rings (SSSR count). The number of rotatable bonds is 6. The molecule has 96 valence electrons. The molecule has 0 saturated carbocycles. The van der Waals surface area contributed by atoms with Gasteiger partial charge in [-0.15, -0.1) is 0 Å². The highest BCUT2D eigenvalue weighted by Crippen LogP contribution is 2.25. The van der Waals surface area contributed by atoms with Gasteiger partial charge in [-0.2, -0.15) is 5.26 Å². The molecule has 0 saturated heterocycles. The molecule has 0 aliphatic rings. The Bertz CT molecular complexity index is 440. The smallest absolute Gasteiger partial charge is 0.180 e. The van der Waals surface area contributed by atoms with Gasteiger partial charge in [-0.25, -0.2) is 0 Å². The third-order valence-electron chi connectivity index (χ3n) is 2.69. The van der Waals surface area contributed by atoms with Crippen molar-refractivity contribution in [2.24, 2.45) is 5.92 Å². The number of nitrogens with zero attached hydrogens (tertiary/aromatic N) is 1. The van der Waals surface area contributed by atoms with Gasteiger partial charge < -0.3 is 9.47 Å². The van der Waals surface area contributed by atoms with E-state index in [2.05, 4.69) is 0 Å². The van der Waals surface area contributed by atoms with E-state index in [-0.39, 0.29) is 5.78 Å². The number of methoxy groups -OCH3 is 2. The number of nitriles is 1. The summed E-state index contributed by atoms with van der Waals surface area (Å²) in [6.45, 7) is 1.95. The summed E-state index contributed by atoms with van der Waals surface area (Å²) in [5, 5.41) is 9.01. The van der Waals surface area contributed by atoms with E-state index in [1.807, 2.05) is 13.0 Å². The van der Waals surface area contributed by atoms with E-state index in [4.69, 9.17) is 14.7 Å². The molecule has 1 unspecified atom stereocenters. The van der Waals surface area contributed by atoms with Crippen LogP contribution in [0.25, 0.3) is 0 Å². The molecule has 4 nitrogen and oxygen atoms in total. The maximum atomic E-state index is 12.2. The van der Waals surface area contributed by atoms with Crippen LogP contribution < -0.4 is 9.47 Å². The van der Waals surface area contributed by atoms with Crippen LogP contribution in [-0.4, -0.2) is 20.0 Å². The molecule has 1 atom stereocenters. The summed E-state index contributed by atoms with van der Waals surface area (Å²) in [7, 11) is 3.05. The Kier molecular flexibility index (Phi) is 5.19. The van der Waals surface area contributed by atoms with Gasteiger partial charge in [0.2, 0.25) is 0 Å². The molecule has 0 aliphatic carbocycles. The monoisotopic (exact) mass is 247 g/mol. The molecule has 0 aromatic heterocycles. The summed E-state index contributed by atoms with van der Waals surface area (Å²) >= 11 is 0. The van der Waals surface area contributed by atoms with Crippen molar-refractivity contribution in [1.29, 1.82) is 5.26 Å². The summed E-state index contributed by atoms with van der Waals surface area (Å²) in [5.74, 6) is 0.306. The van der Waals surface area contributed by atoms with Crippen LogP contribution in [0, 0.1) is 17.2 Å². The zero-order valence-corrected chi connectivity index (χ0v) is 10.9. The summed E-state index contributed by atoms with van der Waals surface area (Å²) in [5.41, 5.74) is 0.450. The zero-order valence-electron chi connectivity index (χ0n) is 10.9. The van der Waals surface area contributed by atoms with E-state index in [9.17, 15) is 4.79 Å². The molecule has 0 amide bonds. The minimum absolute atomic E-state index is 0.184. The molecule has 0 aliphatic heterocycles. The van der Waals surface area contributed by atoms with Crippen LogP contribution in [0.1, 0.15) is 30.1 Å². The molecule has 18 heavy (non-hydrogen) atoms. The molecule has 1 aromatic carbocycles. The number of Topliss-reactive ketones (excluding diaryl/α,β-unsaturated/α-hetero) is 1. The highest BCUT2D eigenvalue weighted by molar-refractivity contribution is 6.00. The van der Waals surface area contributed by atoms with Gasteiger partial charge >= 0.3 is 0 Å². The molecule has 0 heterocycles. The third-order valence-corrected chi connectivity index (χ3v) is 2.69. The quantitative estimate of drug-likeness (QED) is 0.725. The van der Waals surface area contributed by atoms with Gasteiger partial charge in [0.1, 0.15) is 17.4 Å². The third kappa shape index (κ3) is 3.24. The Morgan fingerprint density at radius 1 is 1.28 bits per heavy atom. The topological polar surface area (TPSA) is 59.3 Å². The Balaban J connectivity index is 3.08. The maximum Gasteiger partial charge on any atom is 0.180 e. The molecule has 0 N–H and O–H groups in total. The van der Waals surface area contributed by atoms with E-state index in [0.29, 0.717) is 23.5 Å². The van der Waals surface area contributed by atoms with Crippen molar-refractivity contribution in [2.75, 3.05) is 14.2 Å². The minimum Gasteiger partial charge on any atom is -0.497 e. The standard InChI is InChI=1S/C14H17NO3/c1-4-5-10(9-15)14(16)11-6-12(17-2)8-13(7-11)18-3/h6-8,10H,4-5H2,1-3H3. The van der Waals surface area contributed by atoms with Crippen molar-refractivity contribution in [3.63, 3.8) is 0 Å². The Hall–Kier alpha value is -2.02. The average Bonchev–Trinajstić information content (AvgIpc) is 2.43. The summed E-state index contributed by atoms with van der Waals surface area (Å²) in [4.78, 5) is 12.2. The minimum atomic E-state index is -0.605. The predicted molar refractivity (Wildman–Crippen MR) is 67.9 cm³/mol. The first kappa shape index (κ1) is 14.0. The first-order valence-electron chi connectivity index (χ1n) is 5.83. The molecule has 0 fully saturated rings. The van der Waals surface area contributed by atoms with Crippen molar-refractivity contribution in [3.05, 3.63) is 23.8 Å². The summed E-state index contributed by atoms with van der Waals surface area (Å²) in [6.07, 6.45) is 1.36. The van der Waals surface area contributed by atoms with Crippen LogP contribution in [0.2, 0.25) is 0 Å². The second-order valence-corrected chi connectivity index (χ2v) is 3.94. The average molecular weight is 247 g/mol. The van der Waals surface area contributed by atoms with Gasteiger partial charge in [0.25, 0.3) is 0 Å². The van der Waals surface area contributed by atoms with Gasteiger partial charge in [0.05, 0.1) is 20.3 Å². The van der Waals surface area contributed by atoms with Gasteiger partial charge in [-0.3, -0.25) is 4.79 Å². The molecular formula is C14H17NO3. The SMILES string of the molecule is CCCC(C#N)C(=O)c1cc(OC)cc(OC)c1. The first-order valence-corrected chi connectivity index (χ1v) is 5.83. The van der Waals surface area contributed by atoms with E-state index < -0.39 is 5.92 Å². The number of carbonyl (C=O) groups is 1. The second kappa shape index (κ2) is 6.65. The van der Waals surface area contributed by atoms with Crippen molar-refractivity contribution in [2.45, 2.75) is 19.8 Å². The Morgan fingerprint density at radius 2 is 1.83 bits per heavy atom. The van der Waals surface area contributed by atoms with Crippen LogP contribution in [-0.2, 0) is 0 Å². The van der Waals surface area contributed by atoms with Crippen LogP contribution in [0.4, 0.5) is 0 Å². The van der Waals surface area contributed by atoms with Gasteiger partial charge in [-0.1, -0.05) is 13.3 Å². The zero-order chi connectivity index (χ0) is 13.5. The van der Waals surface area contributed by atoms with Crippen molar-refractivity contribution >= 4 is 5.78 Å². The van der Waals surface area contributed by atoms with Gasteiger partial charge in [-0.05, 0) is 18.6 Å². The lowest BCUT2D eigenvalue weighted by molar-refractivity contribution is 0.0943. The predicted octanol–water partition coefficient (Wildman–Crippen LogP) is 2.83. The summed E-state index contributed by atoms with van der Waals surface area (Å²) in [6, 6.07) is 7.00. The van der Waals surface area contributed by atoms with Crippen LogP contribution in [0.3, 0.4) is 0 Å². The molecule has 0 radical (unpaired) electrons. The van der Waals surface area contributed by atoms with E-state index in [1.54, 1.807) is 18.2 Å². The lowest BCUT2D eigenvalue weighted by Gasteiger charge is -2.10. The fraction of sp³-hybridized carbons (Fsp3) is 0.429. The molecule has 0 spiro atoms. The van der Waals surface area contributed by atoms with E-state index >= 15 is 0 Å². The lowest BCUT2D eigenvalue weighted by atomic mass is 9.94. The van der Waals surface area contributed by atoms with E-state index in [0.717, 1.165) is 6.42 Å². The molecule has 0 bridgehead atoms. The van der Waals surface area contributed by atoms with Crippen LogP contribution >= 0.6 is 0 Å². The van der Waals surface area contributed by atoms with Crippen molar-refractivity contribution < 1.29 is 14.3 Å². The van der Waals surface area contributed by atoms with Crippen molar-refractivity contribution in [1.82, 2.24) is 0 Å². The Labute approximate surface area is 107 Å². The highest BCUT2D eigenvalue weighted by atomic mass is 16.5. The Morgan fingerprint density at radius 3 is 2.22 bits per heavy atom. The number of hydrogen-bond donors (Lipinski definition) is 0. The van der Waals surface area contributed by atoms with E-state index in [1.165, 1.54) is 14.2 Å². The normalized spacial score (nSPS) is 11.4. The van der Waals surface area contributed by atoms with Gasteiger partial charge in [0, 0.05) is 11.6 Å². The fourth-order valence-electron chi connectivity index (χ4n) is 1.69. The highest BCUT2D eigenvalue weighted by Gasteiger charge is 2.20. The van der Waals surface area contributed by atoms with Crippen LogP contribution in [0.15, 0.2) is 18.2 Å². The van der Waals surface area contributed by atoms with Crippen molar-refractivity contribution in [3.8, 4) is 17.6 Å². The molecule has 1 aromatic rings. The van der Waals surface area contributed by atoms with Gasteiger partial charge in [0.15, 0.2) is 5.78 Å². The first-order chi connectivity index (χ1) is 8.65. The summed E-state index contributed by atoms with van der Waals surface area (Å²) < 4.78 is 10.2.